The van der Waals surface area contributed by atoms with Crippen LogP contribution in [0.2, 0.25) is 0 Å². The Morgan fingerprint density at radius 2 is 1.94 bits per heavy atom. The number of likely N-dealkylation sites (tertiary alicyclic amines) is 1. The van der Waals surface area contributed by atoms with Gasteiger partial charge in [0.2, 0.25) is 0 Å². The molecule has 0 radical (unpaired) electrons. The molecule has 0 bridgehead atoms. The monoisotopic (exact) mass is 240 g/mol. The fourth-order valence-electron chi connectivity index (χ4n) is 2.96. The third-order valence-corrected chi connectivity index (χ3v) is 3.79. The molecule has 0 aromatic heterocycles. The molecule has 98 valence electrons. The molecule has 0 aromatic rings. The average Bonchev–Trinajstić information content (AvgIpc) is 2.97. The van der Waals surface area contributed by atoms with Crippen molar-refractivity contribution >= 4 is 6.09 Å². The molecule has 0 unspecified atom stereocenters. The summed E-state index contributed by atoms with van der Waals surface area (Å²) in [6.07, 6.45) is 3.96. The fraction of sp³-hybridized carbons (Fsp3) is 0.923. The lowest BCUT2D eigenvalue weighted by Crippen LogP contribution is -2.57. The minimum atomic E-state index is -0.778. The number of carbonyl (C=O) groups is 1. The standard InChI is InChI=1S/C13H24N2O2/c1-13(2,3)15(12(16)17)11-5-4-8-14(9-11)10-6-7-10/h10-11H,4-9H2,1-3H3,(H,16,17)/t11-/m1/s1. The second-order valence-corrected chi connectivity index (χ2v) is 6.35. The van der Waals surface area contributed by atoms with Gasteiger partial charge in [-0.1, -0.05) is 0 Å². The molecule has 1 saturated carbocycles. The Kier molecular flexibility index (Phi) is 3.34. The van der Waals surface area contributed by atoms with Gasteiger partial charge in [-0.25, -0.2) is 4.79 Å². The van der Waals surface area contributed by atoms with E-state index in [9.17, 15) is 9.90 Å². The van der Waals surface area contributed by atoms with Crippen molar-refractivity contribution in [2.75, 3.05) is 13.1 Å². The van der Waals surface area contributed by atoms with Crippen molar-refractivity contribution in [3.05, 3.63) is 0 Å². The number of nitrogens with zero attached hydrogens (tertiary/aromatic N) is 2. The molecule has 1 aliphatic carbocycles. The van der Waals surface area contributed by atoms with Gasteiger partial charge in [-0.15, -0.1) is 0 Å². The van der Waals surface area contributed by atoms with E-state index in [-0.39, 0.29) is 11.6 Å². The van der Waals surface area contributed by atoms with Gasteiger partial charge in [0.15, 0.2) is 0 Å². The highest BCUT2D eigenvalue weighted by molar-refractivity contribution is 5.66. The summed E-state index contributed by atoms with van der Waals surface area (Å²) in [6.45, 7) is 8.03. The van der Waals surface area contributed by atoms with Crippen LogP contribution >= 0.6 is 0 Å². The Bertz CT molecular complexity index is 294. The Hall–Kier alpha value is -0.770. The van der Waals surface area contributed by atoms with E-state index in [2.05, 4.69) is 4.90 Å². The van der Waals surface area contributed by atoms with Gasteiger partial charge < -0.3 is 5.11 Å². The van der Waals surface area contributed by atoms with Crippen molar-refractivity contribution in [2.24, 2.45) is 0 Å². The van der Waals surface area contributed by atoms with Crippen molar-refractivity contribution in [1.82, 2.24) is 9.80 Å². The SMILES string of the molecule is CC(C)(C)N(C(=O)O)[C@@H]1CCCN(C2CC2)C1. The third-order valence-electron chi connectivity index (χ3n) is 3.79. The molecular formula is C13H24N2O2. The maximum Gasteiger partial charge on any atom is 0.408 e. The summed E-state index contributed by atoms with van der Waals surface area (Å²) >= 11 is 0. The largest absolute Gasteiger partial charge is 0.465 e. The van der Waals surface area contributed by atoms with Gasteiger partial charge in [0.1, 0.15) is 0 Å². The molecule has 4 nitrogen and oxygen atoms in total. The number of rotatable bonds is 2. The van der Waals surface area contributed by atoms with E-state index >= 15 is 0 Å². The van der Waals surface area contributed by atoms with Crippen molar-refractivity contribution in [1.29, 1.82) is 0 Å². The summed E-state index contributed by atoms with van der Waals surface area (Å²) in [7, 11) is 0. The summed E-state index contributed by atoms with van der Waals surface area (Å²) in [4.78, 5) is 15.6. The quantitative estimate of drug-likeness (QED) is 0.806. The molecular weight excluding hydrogens is 216 g/mol. The van der Waals surface area contributed by atoms with Gasteiger partial charge in [0, 0.05) is 24.2 Å². The zero-order valence-corrected chi connectivity index (χ0v) is 11.1. The molecule has 1 saturated heterocycles. The predicted molar refractivity (Wildman–Crippen MR) is 67.2 cm³/mol. The minimum Gasteiger partial charge on any atom is -0.465 e. The zero-order valence-electron chi connectivity index (χ0n) is 11.1. The molecule has 1 N–H and O–H groups in total. The first kappa shape index (κ1) is 12.7. The maximum absolute atomic E-state index is 11.4. The molecule has 1 amide bonds. The highest BCUT2D eigenvalue weighted by Gasteiger charge is 2.39. The van der Waals surface area contributed by atoms with Crippen molar-refractivity contribution in [3.8, 4) is 0 Å². The summed E-state index contributed by atoms with van der Waals surface area (Å²) in [6, 6.07) is 0.912. The van der Waals surface area contributed by atoms with E-state index < -0.39 is 6.09 Å². The van der Waals surface area contributed by atoms with Crippen LogP contribution in [0.25, 0.3) is 0 Å². The van der Waals surface area contributed by atoms with Crippen LogP contribution in [0.3, 0.4) is 0 Å². The molecule has 0 aromatic carbocycles. The summed E-state index contributed by atoms with van der Waals surface area (Å²) in [5.41, 5.74) is -0.303. The van der Waals surface area contributed by atoms with Crippen LogP contribution < -0.4 is 0 Å². The lowest BCUT2D eigenvalue weighted by molar-refractivity contribution is 0.0345. The molecule has 1 heterocycles. The highest BCUT2D eigenvalue weighted by atomic mass is 16.4. The van der Waals surface area contributed by atoms with Crippen LogP contribution in [-0.4, -0.2) is 51.7 Å². The smallest absolute Gasteiger partial charge is 0.408 e. The zero-order chi connectivity index (χ0) is 12.6. The lowest BCUT2D eigenvalue weighted by atomic mass is 9.97. The highest BCUT2D eigenvalue weighted by Crippen LogP contribution is 2.32. The first-order valence-electron chi connectivity index (χ1n) is 6.66. The predicted octanol–water partition coefficient (Wildman–Crippen LogP) is 2.39. The molecule has 1 aliphatic heterocycles. The topological polar surface area (TPSA) is 43.8 Å². The van der Waals surface area contributed by atoms with Gasteiger partial charge in [-0.3, -0.25) is 9.80 Å². The van der Waals surface area contributed by atoms with Crippen LogP contribution in [0.4, 0.5) is 4.79 Å². The Labute approximate surface area is 104 Å². The van der Waals surface area contributed by atoms with Crippen LogP contribution in [0.5, 0.6) is 0 Å². The van der Waals surface area contributed by atoms with Gasteiger partial charge in [-0.05, 0) is 53.0 Å². The lowest BCUT2D eigenvalue weighted by Gasteiger charge is -2.44. The molecule has 0 spiro atoms. The number of hydrogen-bond donors (Lipinski definition) is 1. The van der Waals surface area contributed by atoms with E-state index in [1.54, 1.807) is 4.90 Å². The summed E-state index contributed by atoms with van der Waals surface area (Å²) in [5.74, 6) is 0. The maximum atomic E-state index is 11.4. The Morgan fingerprint density at radius 1 is 1.29 bits per heavy atom. The first-order chi connectivity index (χ1) is 7.89. The minimum absolute atomic E-state index is 0.168. The fourth-order valence-corrected chi connectivity index (χ4v) is 2.96. The van der Waals surface area contributed by atoms with E-state index in [1.807, 2.05) is 20.8 Å². The van der Waals surface area contributed by atoms with Crippen LogP contribution in [0.1, 0.15) is 46.5 Å². The van der Waals surface area contributed by atoms with Crippen molar-refractivity contribution < 1.29 is 9.90 Å². The molecule has 2 aliphatic rings. The number of amides is 1. The molecule has 2 rings (SSSR count). The normalized spacial score (nSPS) is 26.9. The molecule has 17 heavy (non-hydrogen) atoms. The second-order valence-electron chi connectivity index (χ2n) is 6.35. The van der Waals surface area contributed by atoms with Crippen LogP contribution in [0, 0.1) is 0 Å². The van der Waals surface area contributed by atoms with Gasteiger partial charge in [0.05, 0.1) is 0 Å². The van der Waals surface area contributed by atoms with Crippen molar-refractivity contribution in [3.63, 3.8) is 0 Å². The van der Waals surface area contributed by atoms with E-state index in [4.69, 9.17) is 0 Å². The van der Waals surface area contributed by atoms with Gasteiger partial charge >= 0.3 is 6.09 Å². The van der Waals surface area contributed by atoms with Crippen LogP contribution in [0.15, 0.2) is 0 Å². The Balaban J connectivity index is 2.05. The first-order valence-corrected chi connectivity index (χ1v) is 6.66. The number of carboxylic acid groups (broad SMARTS) is 1. The Morgan fingerprint density at radius 3 is 2.41 bits per heavy atom. The molecule has 1 atom stereocenters. The van der Waals surface area contributed by atoms with Gasteiger partial charge in [0.25, 0.3) is 0 Å². The van der Waals surface area contributed by atoms with Crippen molar-refractivity contribution in [2.45, 2.75) is 64.1 Å². The number of piperidine rings is 1. The number of hydrogen-bond acceptors (Lipinski definition) is 2. The van der Waals surface area contributed by atoms with E-state index in [0.29, 0.717) is 0 Å². The van der Waals surface area contributed by atoms with E-state index in [1.165, 1.54) is 12.8 Å². The van der Waals surface area contributed by atoms with Gasteiger partial charge in [-0.2, -0.15) is 0 Å². The average molecular weight is 240 g/mol. The summed E-state index contributed by atoms with van der Waals surface area (Å²) in [5, 5.41) is 9.41. The molecule has 2 fully saturated rings. The summed E-state index contributed by atoms with van der Waals surface area (Å²) < 4.78 is 0. The third kappa shape index (κ3) is 2.92. The van der Waals surface area contributed by atoms with E-state index in [0.717, 1.165) is 32.0 Å². The molecule has 4 heteroatoms. The second kappa shape index (κ2) is 4.48. The van der Waals surface area contributed by atoms with Crippen LogP contribution in [-0.2, 0) is 0 Å².